The summed E-state index contributed by atoms with van der Waals surface area (Å²) in [4.78, 5) is 11.3. The van der Waals surface area contributed by atoms with Gasteiger partial charge in [-0.1, -0.05) is 0 Å². The molecule has 2 aromatic rings. The number of rotatable bonds is 3. The van der Waals surface area contributed by atoms with Gasteiger partial charge in [0, 0.05) is 6.42 Å². The van der Waals surface area contributed by atoms with Gasteiger partial charge in [0.25, 0.3) is 0 Å². The number of aliphatic hydroxyl groups excluding tert-OH is 2. The number of hydrogen-bond donors (Lipinski definition) is 2. The second-order valence-corrected chi connectivity index (χ2v) is 4.44. The third kappa shape index (κ3) is 1.99. The quantitative estimate of drug-likeness (QED) is 0.740. The molecule has 1 saturated heterocycles. The Balaban J connectivity index is 2.03. The molecule has 20 heavy (non-hydrogen) atoms. The van der Waals surface area contributed by atoms with Crippen molar-refractivity contribution >= 4 is 11.2 Å². The highest BCUT2D eigenvalue weighted by Crippen LogP contribution is 2.32. The highest BCUT2D eigenvalue weighted by atomic mass is 19.1. The molecule has 1 aliphatic rings. The highest BCUT2D eigenvalue weighted by Gasteiger charge is 2.35. The summed E-state index contributed by atoms with van der Waals surface area (Å²) in [5.74, 6) is 0.0310. The summed E-state index contributed by atoms with van der Waals surface area (Å²) in [6.45, 7) is -0.295. The molecule has 0 amide bonds. The first kappa shape index (κ1) is 13.2. The maximum absolute atomic E-state index is 13.4. The van der Waals surface area contributed by atoms with Crippen LogP contribution in [0.3, 0.4) is 0 Å². The van der Waals surface area contributed by atoms with Crippen LogP contribution in [0.1, 0.15) is 12.6 Å². The van der Waals surface area contributed by atoms with Gasteiger partial charge in [-0.25, -0.2) is 4.98 Å². The molecule has 0 spiro atoms. The Labute approximate surface area is 112 Å². The van der Waals surface area contributed by atoms with Gasteiger partial charge >= 0.3 is 6.08 Å². The van der Waals surface area contributed by atoms with Crippen LogP contribution in [0, 0.1) is 6.08 Å². The summed E-state index contributed by atoms with van der Waals surface area (Å²) in [7, 11) is 1.36. The van der Waals surface area contributed by atoms with Gasteiger partial charge in [0.1, 0.15) is 12.3 Å². The fourth-order valence-electron chi connectivity index (χ4n) is 2.27. The molecule has 0 unspecified atom stereocenters. The van der Waals surface area contributed by atoms with Crippen molar-refractivity contribution in [3.05, 3.63) is 12.4 Å². The van der Waals surface area contributed by atoms with Crippen LogP contribution in [0.4, 0.5) is 4.39 Å². The number of methoxy groups -OCH3 is 1. The molecule has 0 radical (unpaired) electrons. The van der Waals surface area contributed by atoms with E-state index < -0.39 is 24.5 Å². The van der Waals surface area contributed by atoms with Gasteiger partial charge in [0.05, 0.1) is 26.1 Å². The molecule has 9 heteroatoms. The van der Waals surface area contributed by atoms with Gasteiger partial charge in [-0.05, 0) is 0 Å². The van der Waals surface area contributed by atoms with Crippen LogP contribution >= 0.6 is 0 Å². The maximum Gasteiger partial charge on any atom is 0.314 e. The molecule has 2 N–H and O–H groups in total. The lowest BCUT2D eigenvalue weighted by molar-refractivity contribution is -0.0432. The van der Waals surface area contributed by atoms with Crippen LogP contribution in [0.25, 0.3) is 11.2 Å². The van der Waals surface area contributed by atoms with E-state index in [4.69, 9.17) is 14.6 Å². The van der Waals surface area contributed by atoms with E-state index in [-0.39, 0.29) is 24.6 Å². The van der Waals surface area contributed by atoms with E-state index in [1.165, 1.54) is 18.0 Å². The summed E-state index contributed by atoms with van der Waals surface area (Å²) in [6.07, 6.45) is -1.31. The van der Waals surface area contributed by atoms with Crippen LogP contribution in [0.15, 0.2) is 6.33 Å². The number of aromatic nitrogens is 4. The predicted molar refractivity (Wildman–Crippen MR) is 63.5 cm³/mol. The number of imidazole rings is 1. The summed E-state index contributed by atoms with van der Waals surface area (Å²) in [5, 5.41) is 18.8. The smallest absolute Gasteiger partial charge is 0.314 e. The van der Waals surface area contributed by atoms with Crippen molar-refractivity contribution in [2.45, 2.75) is 24.9 Å². The van der Waals surface area contributed by atoms with Gasteiger partial charge < -0.3 is 19.7 Å². The minimum Gasteiger partial charge on any atom is -0.479 e. The minimum absolute atomic E-state index is 0.0310. The molecule has 3 atom stereocenters. The largest absolute Gasteiger partial charge is 0.479 e. The van der Waals surface area contributed by atoms with Gasteiger partial charge in [0.15, 0.2) is 11.2 Å². The lowest BCUT2D eigenvalue weighted by atomic mass is 10.2. The van der Waals surface area contributed by atoms with Crippen molar-refractivity contribution in [1.82, 2.24) is 19.5 Å². The van der Waals surface area contributed by atoms with Crippen LogP contribution in [-0.4, -0.2) is 55.7 Å². The molecule has 1 aliphatic heterocycles. The average Bonchev–Trinajstić information content (AvgIpc) is 3.00. The van der Waals surface area contributed by atoms with E-state index >= 15 is 0 Å². The van der Waals surface area contributed by atoms with Crippen LogP contribution in [-0.2, 0) is 4.74 Å². The Morgan fingerprint density at radius 1 is 1.55 bits per heavy atom. The number of nitrogens with zero attached hydrogens (tertiary/aromatic N) is 4. The standard InChI is InChI=1S/C11H13FN4O4/c1-19-10-8-9(14-11(12)15-10)16(4-13-8)7-2-5(18)6(3-17)20-7/h4-7,17-18H,2-3H2,1H3/t5-,6+,7+/m0/s1. The molecule has 1 fully saturated rings. The van der Waals surface area contributed by atoms with Gasteiger partial charge in [0.2, 0.25) is 5.88 Å². The SMILES string of the molecule is COc1nc(F)nc2c1ncn2[C@H]1C[C@H](O)[C@@H](CO)O1. The molecule has 0 bridgehead atoms. The zero-order valence-corrected chi connectivity index (χ0v) is 10.6. The molecule has 0 saturated carbocycles. The highest BCUT2D eigenvalue weighted by molar-refractivity contribution is 5.76. The van der Waals surface area contributed by atoms with Crippen molar-refractivity contribution in [3.63, 3.8) is 0 Å². The van der Waals surface area contributed by atoms with Crippen LogP contribution in [0.5, 0.6) is 5.88 Å². The number of hydrogen-bond acceptors (Lipinski definition) is 7. The lowest BCUT2D eigenvalue weighted by Crippen LogP contribution is -2.24. The van der Waals surface area contributed by atoms with E-state index in [1.54, 1.807) is 0 Å². The van der Waals surface area contributed by atoms with Crippen molar-refractivity contribution in [1.29, 1.82) is 0 Å². The molecule has 8 nitrogen and oxygen atoms in total. The summed E-state index contributed by atoms with van der Waals surface area (Å²) in [5.41, 5.74) is 0.518. The molecule has 108 valence electrons. The molecule has 3 rings (SSSR count). The molecule has 2 aromatic heterocycles. The van der Waals surface area contributed by atoms with Crippen molar-refractivity contribution in [3.8, 4) is 5.88 Å². The fourth-order valence-corrected chi connectivity index (χ4v) is 2.27. The molecule has 0 aromatic carbocycles. The monoisotopic (exact) mass is 284 g/mol. The summed E-state index contributed by atoms with van der Waals surface area (Å²) < 4.78 is 25.3. The number of ether oxygens (including phenoxy) is 2. The van der Waals surface area contributed by atoms with E-state index in [9.17, 15) is 9.50 Å². The normalized spacial score (nSPS) is 26.3. The molecular formula is C11H13FN4O4. The number of halogens is 1. The summed E-state index contributed by atoms with van der Waals surface area (Å²) in [6, 6.07) is 0. The Kier molecular flexibility index (Phi) is 3.24. The van der Waals surface area contributed by atoms with Crippen molar-refractivity contribution in [2.75, 3.05) is 13.7 Å². The number of fused-ring (bicyclic) bond motifs is 1. The van der Waals surface area contributed by atoms with Gasteiger partial charge in [-0.15, -0.1) is 0 Å². The molecular weight excluding hydrogens is 271 g/mol. The maximum atomic E-state index is 13.4. The Morgan fingerprint density at radius 3 is 3.00 bits per heavy atom. The first-order chi connectivity index (χ1) is 9.63. The van der Waals surface area contributed by atoms with Gasteiger partial charge in [-0.2, -0.15) is 14.4 Å². The van der Waals surface area contributed by atoms with E-state index in [0.717, 1.165) is 0 Å². The minimum atomic E-state index is -0.937. The van der Waals surface area contributed by atoms with Crippen molar-refractivity contribution in [2.24, 2.45) is 0 Å². The first-order valence-corrected chi connectivity index (χ1v) is 6.02. The second kappa shape index (κ2) is 4.93. The van der Waals surface area contributed by atoms with Gasteiger partial charge in [-0.3, -0.25) is 4.57 Å². The summed E-state index contributed by atoms with van der Waals surface area (Å²) >= 11 is 0. The predicted octanol–water partition coefficient (Wildman–Crippen LogP) is -0.385. The average molecular weight is 284 g/mol. The Morgan fingerprint density at radius 2 is 2.35 bits per heavy atom. The zero-order chi connectivity index (χ0) is 14.3. The first-order valence-electron chi connectivity index (χ1n) is 6.02. The molecule has 0 aliphatic carbocycles. The van der Waals surface area contributed by atoms with Crippen LogP contribution in [0.2, 0.25) is 0 Å². The van der Waals surface area contributed by atoms with Crippen molar-refractivity contribution < 1.29 is 24.1 Å². The lowest BCUT2D eigenvalue weighted by Gasteiger charge is -2.13. The van der Waals surface area contributed by atoms with E-state index in [2.05, 4.69) is 15.0 Å². The van der Waals surface area contributed by atoms with E-state index in [1.807, 2.05) is 0 Å². The third-order valence-corrected chi connectivity index (χ3v) is 3.25. The Bertz CT molecular complexity index is 634. The number of aliphatic hydroxyl groups is 2. The zero-order valence-electron chi connectivity index (χ0n) is 10.6. The third-order valence-electron chi connectivity index (χ3n) is 3.25. The topological polar surface area (TPSA) is 103 Å². The second-order valence-electron chi connectivity index (χ2n) is 4.44. The molecule has 3 heterocycles. The van der Waals surface area contributed by atoms with E-state index in [0.29, 0.717) is 5.52 Å². The Hall–Kier alpha value is -1.84. The fraction of sp³-hybridized carbons (Fsp3) is 0.545. The van der Waals surface area contributed by atoms with Crippen LogP contribution < -0.4 is 4.74 Å².